The summed E-state index contributed by atoms with van der Waals surface area (Å²) in [5.74, 6) is -0.489. The number of amides is 2. The van der Waals surface area contributed by atoms with Gasteiger partial charge in [-0.3, -0.25) is 14.5 Å². The number of nitrogens with one attached hydrogen (secondary N) is 1. The molecular weight excluding hydrogens is 382 g/mol. The lowest BCUT2D eigenvalue weighted by Crippen LogP contribution is -2.47. The van der Waals surface area contributed by atoms with Gasteiger partial charge in [-0.15, -0.1) is 0 Å². The van der Waals surface area contributed by atoms with Crippen molar-refractivity contribution in [2.45, 2.75) is 43.5 Å². The molecule has 1 atom stereocenters. The summed E-state index contributed by atoms with van der Waals surface area (Å²) in [6, 6.07) is 4.11. The summed E-state index contributed by atoms with van der Waals surface area (Å²) in [4.78, 5) is 26.5. The number of ether oxygens (including phenoxy) is 1. The number of rotatable bonds is 7. The smallest absolute Gasteiger partial charge is 0.243 e. The van der Waals surface area contributed by atoms with Gasteiger partial charge in [-0.05, 0) is 43.0 Å². The lowest BCUT2D eigenvalue weighted by atomic mass is 10.1. The summed E-state index contributed by atoms with van der Waals surface area (Å²) in [5, 5.41) is 2.83. The van der Waals surface area contributed by atoms with Crippen molar-refractivity contribution < 1.29 is 22.7 Å². The summed E-state index contributed by atoms with van der Waals surface area (Å²) in [6.45, 7) is 3.48. The Morgan fingerprint density at radius 3 is 2.61 bits per heavy atom. The van der Waals surface area contributed by atoms with E-state index in [1.807, 2.05) is 0 Å². The summed E-state index contributed by atoms with van der Waals surface area (Å²) in [7, 11) is -1.94. The molecule has 0 bridgehead atoms. The van der Waals surface area contributed by atoms with Crippen molar-refractivity contribution in [1.29, 1.82) is 0 Å². The van der Waals surface area contributed by atoms with Crippen molar-refractivity contribution in [2.75, 3.05) is 38.3 Å². The van der Waals surface area contributed by atoms with Gasteiger partial charge in [0.1, 0.15) is 6.04 Å². The number of carbonyl (C=O) groups is 2. The van der Waals surface area contributed by atoms with Gasteiger partial charge >= 0.3 is 0 Å². The molecular formula is C19H27N3O5S. The Bertz CT molecular complexity index is 849. The van der Waals surface area contributed by atoms with E-state index in [1.54, 1.807) is 19.2 Å². The van der Waals surface area contributed by atoms with Crippen LogP contribution in [-0.2, 0) is 30.8 Å². The van der Waals surface area contributed by atoms with Gasteiger partial charge in [0.05, 0.1) is 4.90 Å². The Balaban J connectivity index is 1.81. The van der Waals surface area contributed by atoms with Gasteiger partial charge in [0.2, 0.25) is 21.8 Å². The largest absolute Gasteiger partial charge is 0.385 e. The van der Waals surface area contributed by atoms with E-state index in [9.17, 15) is 18.0 Å². The minimum atomic E-state index is -3.54. The first-order valence-electron chi connectivity index (χ1n) is 9.56. The molecule has 2 aliphatic rings. The van der Waals surface area contributed by atoms with Crippen molar-refractivity contribution in [3.05, 3.63) is 23.8 Å². The highest BCUT2D eigenvalue weighted by Crippen LogP contribution is 2.35. The molecule has 1 aromatic rings. The van der Waals surface area contributed by atoms with Gasteiger partial charge in [-0.25, -0.2) is 8.42 Å². The standard InChI is InChI=1S/C19H27N3O5S/c1-14(23)22-17-7-6-16(28(25,26)21-9-3-4-10-21)12-15(17)13-18(22)19(24)20-8-5-11-27-2/h6-7,12,18H,3-5,8-11,13H2,1-2H3,(H,20,24)/t18-/m0/s1. The lowest BCUT2D eigenvalue weighted by molar-refractivity contribution is -0.125. The monoisotopic (exact) mass is 409 g/mol. The fourth-order valence-electron chi connectivity index (χ4n) is 3.81. The van der Waals surface area contributed by atoms with Gasteiger partial charge in [0.15, 0.2) is 0 Å². The first-order chi connectivity index (χ1) is 13.4. The second-order valence-electron chi connectivity index (χ2n) is 7.15. The number of hydrogen-bond acceptors (Lipinski definition) is 5. The maximum Gasteiger partial charge on any atom is 0.243 e. The van der Waals surface area contributed by atoms with Crippen LogP contribution in [0.5, 0.6) is 0 Å². The fraction of sp³-hybridized carbons (Fsp3) is 0.579. The number of nitrogens with zero attached hydrogens (tertiary/aromatic N) is 2. The maximum absolute atomic E-state index is 12.8. The molecule has 8 nitrogen and oxygen atoms in total. The lowest BCUT2D eigenvalue weighted by Gasteiger charge is -2.23. The van der Waals surface area contributed by atoms with Gasteiger partial charge in [-0.1, -0.05) is 0 Å². The van der Waals surface area contributed by atoms with E-state index >= 15 is 0 Å². The Kier molecular flexibility index (Phi) is 6.36. The molecule has 2 aliphatic heterocycles. The molecule has 0 aliphatic carbocycles. The second kappa shape index (κ2) is 8.59. The summed E-state index contributed by atoms with van der Waals surface area (Å²) in [5.41, 5.74) is 1.30. The number of anilines is 1. The normalized spacial score (nSPS) is 19.6. The molecule has 154 valence electrons. The van der Waals surface area contributed by atoms with Gasteiger partial charge < -0.3 is 10.1 Å². The molecule has 1 fully saturated rings. The first-order valence-corrected chi connectivity index (χ1v) is 11.0. The quantitative estimate of drug-likeness (QED) is 0.675. The zero-order valence-corrected chi connectivity index (χ0v) is 17.1. The predicted molar refractivity (Wildman–Crippen MR) is 105 cm³/mol. The molecule has 0 saturated carbocycles. The third kappa shape index (κ3) is 4.06. The summed E-state index contributed by atoms with van der Waals surface area (Å²) in [6.07, 6.45) is 2.72. The van der Waals surface area contributed by atoms with Gasteiger partial charge in [0, 0.05) is 52.4 Å². The predicted octanol–water partition coefficient (Wildman–Crippen LogP) is 0.901. The number of hydrogen-bond donors (Lipinski definition) is 1. The Morgan fingerprint density at radius 2 is 1.96 bits per heavy atom. The SMILES string of the molecule is COCCCNC(=O)[C@@H]1Cc2cc(S(=O)(=O)N3CCCC3)ccc2N1C(C)=O. The summed E-state index contributed by atoms with van der Waals surface area (Å²) >= 11 is 0. The van der Waals surface area contributed by atoms with Crippen molar-refractivity contribution in [3.63, 3.8) is 0 Å². The zero-order valence-electron chi connectivity index (χ0n) is 16.3. The molecule has 28 heavy (non-hydrogen) atoms. The number of benzene rings is 1. The molecule has 2 heterocycles. The highest BCUT2D eigenvalue weighted by Gasteiger charge is 2.38. The third-order valence-electron chi connectivity index (χ3n) is 5.20. The van der Waals surface area contributed by atoms with E-state index in [-0.39, 0.29) is 16.7 Å². The van der Waals surface area contributed by atoms with E-state index in [4.69, 9.17) is 4.74 Å². The average molecular weight is 410 g/mol. The van der Waals surface area contributed by atoms with Crippen LogP contribution < -0.4 is 10.2 Å². The van der Waals surface area contributed by atoms with Crippen molar-refractivity contribution in [2.24, 2.45) is 0 Å². The molecule has 9 heteroatoms. The van der Waals surface area contributed by atoms with Crippen LogP contribution in [0.2, 0.25) is 0 Å². The van der Waals surface area contributed by atoms with Gasteiger partial charge in [-0.2, -0.15) is 4.31 Å². The number of sulfonamides is 1. The van der Waals surface area contributed by atoms with Crippen LogP contribution in [0, 0.1) is 0 Å². The first kappa shape index (κ1) is 20.8. The van der Waals surface area contributed by atoms with E-state index in [0.29, 0.717) is 50.3 Å². The number of carbonyl (C=O) groups excluding carboxylic acids is 2. The highest BCUT2D eigenvalue weighted by molar-refractivity contribution is 7.89. The molecule has 1 saturated heterocycles. The van der Waals surface area contributed by atoms with E-state index < -0.39 is 16.1 Å². The molecule has 1 N–H and O–H groups in total. The minimum Gasteiger partial charge on any atom is -0.385 e. The highest BCUT2D eigenvalue weighted by atomic mass is 32.2. The average Bonchev–Trinajstić information content (AvgIpc) is 3.32. The van der Waals surface area contributed by atoms with Crippen LogP contribution in [0.15, 0.2) is 23.1 Å². The van der Waals surface area contributed by atoms with Crippen LogP contribution >= 0.6 is 0 Å². The Morgan fingerprint density at radius 1 is 1.25 bits per heavy atom. The molecule has 0 aromatic heterocycles. The van der Waals surface area contributed by atoms with E-state index in [2.05, 4.69) is 5.32 Å². The molecule has 0 radical (unpaired) electrons. The van der Waals surface area contributed by atoms with Crippen molar-refractivity contribution in [1.82, 2.24) is 9.62 Å². The molecule has 3 rings (SSSR count). The van der Waals surface area contributed by atoms with Crippen LogP contribution in [0.4, 0.5) is 5.69 Å². The van der Waals surface area contributed by atoms with Crippen molar-refractivity contribution in [3.8, 4) is 0 Å². The molecule has 0 unspecified atom stereocenters. The number of methoxy groups -OCH3 is 1. The van der Waals surface area contributed by atoms with Crippen LogP contribution in [-0.4, -0.2) is 63.9 Å². The van der Waals surface area contributed by atoms with Crippen LogP contribution in [0.1, 0.15) is 31.7 Å². The Labute approximate surface area is 165 Å². The minimum absolute atomic E-state index is 0.220. The number of fused-ring (bicyclic) bond motifs is 1. The summed E-state index contributed by atoms with van der Waals surface area (Å²) < 4.78 is 32.1. The van der Waals surface area contributed by atoms with E-state index in [1.165, 1.54) is 22.2 Å². The maximum atomic E-state index is 12.8. The van der Waals surface area contributed by atoms with Crippen LogP contribution in [0.25, 0.3) is 0 Å². The molecule has 1 aromatic carbocycles. The Hall–Kier alpha value is -1.97. The van der Waals surface area contributed by atoms with Crippen molar-refractivity contribution >= 4 is 27.5 Å². The zero-order chi connectivity index (χ0) is 20.3. The third-order valence-corrected chi connectivity index (χ3v) is 7.10. The topological polar surface area (TPSA) is 96.0 Å². The van der Waals surface area contributed by atoms with Crippen LogP contribution in [0.3, 0.4) is 0 Å². The molecule has 0 spiro atoms. The fourth-order valence-corrected chi connectivity index (χ4v) is 5.38. The second-order valence-corrected chi connectivity index (χ2v) is 9.09. The molecule has 2 amide bonds. The van der Waals surface area contributed by atoms with Gasteiger partial charge in [0.25, 0.3) is 0 Å². The van der Waals surface area contributed by atoms with E-state index in [0.717, 1.165) is 12.8 Å².